The average molecular weight is 341 g/mol. The van der Waals surface area contributed by atoms with Gasteiger partial charge in [-0.3, -0.25) is 9.78 Å². The summed E-state index contributed by atoms with van der Waals surface area (Å²) in [7, 11) is 7.51. The highest BCUT2D eigenvalue weighted by molar-refractivity contribution is 5.88. The summed E-state index contributed by atoms with van der Waals surface area (Å²) < 4.78 is 0. The van der Waals surface area contributed by atoms with E-state index < -0.39 is 5.41 Å². The second-order valence-corrected chi connectivity index (χ2v) is 6.86. The highest BCUT2D eigenvalue weighted by Crippen LogP contribution is 2.35. The first kappa shape index (κ1) is 18.9. The summed E-state index contributed by atoms with van der Waals surface area (Å²) >= 11 is 0. The number of hydrogen-bond acceptors (Lipinski definition) is 4. The summed E-state index contributed by atoms with van der Waals surface area (Å²) in [4.78, 5) is 21.5. The van der Waals surface area contributed by atoms with E-state index in [-0.39, 0.29) is 11.7 Å². The number of phenols is 1. The van der Waals surface area contributed by atoms with Crippen LogP contribution in [0.25, 0.3) is 0 Å². The lowest BCUT2D eigenvalue weighted by Crippen LogP contribution is -2.47. The molecule has 1 aromatic heterocycles. The Kier molecular flexibility index (Phi) is 6.15. The van der Waals surface area contributed by atoms with Gasteiger partial charge in [0.1, 0.15) is 5.75 Å². The fraction of sp³-hybridized carbons (Fsp3) is 0.400. The van der Waals surface area contributed by atoms with Crippen LogP contribution in [0.5, 0.6) is 5.75 Å². The first-order chi connectivity index (χ1) is 11.9. The van der Waals surface area contributed by atoms with Crippen LogP contribution in [0.15, 0.2) is 48.7 Å². The molecule has 134 valence electrons. The Morgan fingerprint density at radius 3 is 2.32 bits per heavy atom. The Balaban J connectivity index is 2.57. The minimum absolute atomic E-state index is 0.00342. The quantitative estimate of drug-likeness (QED) is 0.840. The van der Waals surface area contributed by atoms with Crippen LogP contribution in [0.2, 0.25) is 0 Å². The van der Waals surface area contributed by atoms with Gasteiger partial charge in [0.2, 0.25) is 5.91 Å². The maximum atomic E-state index is 13.3. The molecule has 1 aromatic carbocycles. The normalized spacial score (nSPS) is 13.5. The molecule has 5 nitrogen and oxygen atoms in total. The Bertz CT molecular complexity index is 701. The Morgan fingerprint density at radius 1 is 1.08 bits per heavy atom. The topological polar surface area (TPSA) is 56.7 Å². The molecule has 0 fully saturated rings. The third-order valence-electron chi connectivity index (χ3n) is 4.44. The Morgan fingerprint density at radius 2 is 1.76 bits per heavy atom. The third-order valence-corrected chi connectivity index (χ3v) is 4.44. The molecule has 0 bridgehead atoms. The summed E-state index contributed by atoms with van der Waals surface area (Å²) in [5.74, 6) is 0.204. The van der Waals surface area contributed by atoms with Gasteiger partial charge in [-0.25, -0.2) is 0 Å². The molecule has 5 heteroatoms. The predicted molar refractivity (Wildman–Crippen MR) is 99.6 cm³/mol. The van der Waals surface area contributed by atoms with Gasteiger partial charge in [-0.1, -0.05) is 24.3 Å². The van der Waals surface area contributed by atoms with Crippen molar-refractivity contribution in [3.05, 3.63) is 59.9 Å². The zero-order valence-corrected chi connectivity index (χ0v) is 15.4. The van der Waals surface area contributed by atoms with Gasteiger partial charge in [-0.2, -0.15) is 0 Å². The van der Waals surface area contributed by atoms with Crippen LogP contribution < -0.4 is 0 Å². The first-order valence-corrected chi connectivity index (χ1v) is 8.41. The number of benzene rings is 1. The van der Waals surface area contributed by atoms with Crippen LogP contribution in [-0.4, -0.2) is 60.5 Å². The zero-order valence-electron chi connectivity index (χ0n) is 15.4. The molecule has 1 unspecified atom stereocenters. The second-order valence-electron chi connectivity index (χ2n) is 6.86. The summed E-state index contributed by atoms with van der Waals surface area (Å²) in [6.07, 6.45) is 2.73. The van der Waals surface area contributed by atoms with E-state index in [0.29, 0.717) is 12.8 Å². The van der Waals surface area contributed by atoms with Gasteiger partial charge in [0, 0.05) is 20.3 Å². The van der Waals surface area contributed by atoms with Crippen LogP contribution in [0.1, 0.15) is 17.7 Å². The van der Waals surface area contributed by atoms with Gasteiger partial charge in [0.15, 0.2) is 0 Å². The molecule has 0 aliphatic heterocycles. The number of hydrogen-bond donors (Lipinski definition) is 1. The molecular formula is C20H27N3O2. The van der Waals surface area contributed by atoms with E-state index in [1.807, 2.05) is 44.4 Å². The van der Waals surface area contributed by atoms with E-state index in [0.717, 1.165) is 17.8 Å². The van der Waals surface area contributed by atoms with Crippen LogP contribution in [0, 0.1) is 0 Å². The largest absolute Gasteiger partial charge is 0.508 e. The number of aromatic nitrogens is 1. The van der Waals surface area contributed by atoms with Crippen LogP contribution in [0.4, 0.5) is 0 Å². The van der Waals surface area contributed by atoms with Crippen molar-refractivity contribution < 1.29 is 9.90 Å². The lowest BCUT2D eigenvalue weighted by atomic mass is 9.74. The van der Waals surface area contributed by atoms with E-state index >= 15 is 0 Å². The van der Waals surface area contributed by atoms with Gasteiger partial charge < -0.3 is 14.9 Å². The number of likely N-dealkylation sites (N-methyl/N-ethyl adjacent to an activating group) is 1. The van der Waals surface area contributed by atoms with Crippen molar-refractivity contribution in [3.8, 4) is 5.75 Å². The Hall–Kier alpha value is -2.40. The molecule has 0 spiro atoms. The van der Waals surface area contributed by atoms with Crippen molar-refractivity contribution in [2.75, 3.05) is 34.7 Å². The summed E-state index contributed by atoms with van der Waals surface area (Å²) in [5.41, 5.74) is 0.661. The maximum absolute atomic E-state index is 13.3. The van der Waals surface area contributed by atoms with E-state index in [1.54, 1.807) is 37.3 Å². The highest BCUT2D eigenvalue weighted by Gasteiger charge is 2.42. The van der Waals surface area contributed by atoms with Crippen molar-refractivity contribution in [2.45, 2.75) is 18.3 Å². The molecule has 0 saturated heterocycles. The lowest BCUT2D eigenvalue weighted by Gasteiger charge is -2.35. The predicted octanol–water partition coefficient (Wildman–Crippen LogP) is 2.31. The number of amides is 1. The fourth-order valence-corrected chi connectivity index (χ4v) is 3.07. The minimum atomic E-state index is -0.826. The van der Waals surface area contributed by atoms with Gasteiger partial charge in [0.25, 0.3) is 0 Å². The van der Waals surface area contributed by atoms with E-state index in [9.17, 15) is 9.90 Å². The van der Waals surface area contributed by atoms with Gasteiger partial charge in [-0.05, 0) is 57.2 Å². The maximum Gasteiger partial charge on any atom is 0.234 e. The van der Waals surface area contributed by atoms with E-state index in [2.05, 4.69) is 9.88 Å². The molecule has 0 aliphatic rings. The van der Waals surface area contributed by atoms with Crippen molar-refractivity contribution in [3.63, 3.8) is 0 Å². The highest BCUT2D eigenvalue weighted by atomic mass is 16.3. The number of carbonyl (C=O) groups is 1. The molecule has 0 radical (unpaired) electrons. The summed E-state index contributed by atoms with van der Waals surface area (Å²) in [5, 5.41) is 10.3. The van der Waals surface area contributed by atoms with Crippen LogP contribution in [-0.2, 0) is 16.6 Å². The number of phenolic OH excluding ortho intramolecular Hbond substituents is 1. The molecule has 2 rings (SSSR count). The Labute approximate surface area is 149 Å². The zero-order chi connectivity index (χ0) is 18.4. The number of nitrogens with zero attached hydrogens (tertiary/aromatic N) is 3. The second kappa shape index (κ2) is 8.12. The van der Waals surface area contributed by atoms with Crippen LogP contribution >= 0.6 is 0 Å². The summed E-state index contributed by atoms with van der Waals surface area (Å²) in [6.45, 7) is 0.740. The molecule has 1 heterocycles. The fourth-order valence-electron chi connectivity index (χ4n) is 3.07. The molecule has 1 atom stereocenters. The monoisotopic (exact) mass is 341 g/mol. The van der Waals surface area contributed by atoms with Gasteiger partial charge in [0.05, 0.1) is 11.1 Å². The third kappa shape index (κ3) is 4.37. The van der Waals surface area contributed by atoms with Gasteiger partial charge in [-0.15, -0.1) is 0 Å². The summed E-state index contributed by atoms with van der Waals surface area (Å²) in [6, 6.07) is 12.8. The van der Waals surface area contributed by atoms with Crippen molar-refractivity contribution in [1.29, 1.82) is 0 Å². The molecule has 0 saturated carbocycles. The van der Waals surface area contributed by atoms with Crippen LogP contribution in [0.3, 0.4) is 0 Å². The minimum Gasteiger partial charge on any atom is -0.508 e. The van der Waals surface area contributed by atoms with Crippen molar-refractivity contribution in [2.24, 2.45) is 0 Å². The molecular weight excluding hydrogens is 314 g/mol. The molecule has 2 aromatic rings. The number of para-hydroxylation sites is 1. The number of pyridine rings is 1. The van der Waals surface area contributed by atoms with Crippen molar-refractivity contribution in [1.82, 2.24) is 14.8 Å². The number of rotatable bonds is 7. The van der Waals surface area contributed by atoms with E-state index in [4.69, 9.17) is 0 Å². The molecule has 1 amide bonds. The first-order valence-electron chi connectivity index (χ1n) is 8.41. The number of aromatic hydroxyl groups is 1. The lowest BCUT2D eigenvalue weighted by molar-refractivity contribution is -0.135. The van der Waals surface area contributed by atoms with Gasteiger partial charge >= 0.3 is 0 Å². The molecule has 25 heavy (non-hydrogen) atoms. The van der Waals surface area contributed by atoms with E-state index in [1.165, 1.54) is 0 Å². The smallest absolute Gasteiger partial charge is 0.234 e. The number of carbonyl (C=O) groups excluding carboxylic acids is 1. The standard InChI is InChI=1S/C20H27N3O2/c1-22(2)14-12-20(19(25)23(3)4,18-11-7-8-13-21-18)15-16-9-5-6-10-17(16)24/h5-11,13,24H,12,14-15H2,1-4H3. The molecule has 1 N–H and O–H groups in total. The average Bonchev–Trinajstić information content (AvgIpc) is 2.60. The van der Waals surface area contributed by atoms with Crippen molar-refractivity contribution >= 4 is 5.91 Å². The molecule has 0 aliphatic carbocycles. The SMILES string of the molecule is CN(C)CCC(Cc1ccccc1O)(C(=O)N(C)C)c1ccccn1.